The number of hydrogen-bond donors (Lipinski definition) is 0. The molecule has 2 heterocycles. The zero-order valence-corrected chi connectivity index (χ0v) is 17.2. The molecule has 0 radical (unpaired) electrons. The third kappa shape index (κ3) is 4.47. The Morgan fingerprint density at radius 3 is 2.80 bits per heavy atom. The van der Waals surface area contributed by atoms with Crippen LogP contribution >= 0.6 is 11.6 Å². The van der Waals surface area contributed by atoms with Crippen LogP contribution in [0.3, 0.4) is 0 Å². The van der Waals surface area contributed by atoms with E-state index in [1.165, 1.54) is 23.8 Å². The van der Waals surface area contributed by atoms with Crippen LogP contribution in [0, 0.1) is 5.82 Å². The van der Waals surface area contributed by atoms with Crippen LogP contribution in [0.25, 0.3) is 0 Å². The number of likely N-dealkylation sites (N-methyl/N-ethyl adjacent to an activating group) is 1. The van der Waals surface area contributed by atoms with Gasteiger partial charge in [0.15, 0.2) is 11.5 Å². The molecule has 1 aliphatic heterocycles. The van der Waals surface area contributed by atoms with Crippen LogP contribution < -0.4 is 4.74 Å². The predicted molar refractivity (Wildman–Crippen MR) is 110 cm³/mol. The normalized spacial score (nSPS) is 17.2. The largest absolute Gasteiger partial charge is 0.484 e. The minimum atomic E-state index is -0.444. The average molecular weight is 430 g/mol. The second-order valence-electron chi connectivity index (χ2n) is 7.20. The van der Waals surface area contributed by atoms with Gasteiger partial charge in [-0.05, 0) is 30.8 Å². The van der Waals surface area contributed by atoms with Crippen molar-refractivity contribution in [2.45, 2.75) is 12.6 Å². The van der Waals surface area contributed by atoms with Crippen molar-refractivity contribution in [3.05, 3.63) is 82.5 Å². The van der Waals surface area contributed by atoms with Crippen molar-refractivity contribution in [2.24, 2.45) is 0 Å². The molecule has 1 aromatic heterocycles. The Morgan fingerprint density at radius 2 is 2.03 bits per heavy atom. The van der Waals surface area contributed by atoms with Crippen LogP contribution in [0.15, 0.2) is 59.1 Å². The summed E-state index contributed by atoms with van der Waals surface area (Å²) in [6.07, 6.45) is 0. The van der Waals surface area contributed by atoms with E-state index in [1.54, 1.807) is 11.0 Å². The lowest BCUT2D eigenvalue weighted by molar-refractivity contribution is 0.0536. The van der Waals surface area contributed by atoms with Crippen molar-refractivity contribution in [3.63, 3.8) is 0 Å². The number of halogens is 2. The Hall–Kier alpha value is -2.90. The zero-order valence-electron chi connectivity index (χ0n) is 16.4. The second-order valence-corrected chi connectivity index (χ2v) is 7.61. The van der Waals surface area contributed by atoms with Crippen LogP contribution in [0.2, 0.25) is 5.02 Å². The summed E-state index contributed by atoms with van der Waals surface area (Å²) in [5.41, 5.74) is 1.40. The minimum absolute atomic E-state index is 0.0288. The maximum Gasteiger partial charge on any atom is 0.276 e. The summed E-state index contributed by atoms with van der Waals surface area (Å²) >= 11 is 5.95. The molecular weight excluding hydrogens is 409 g/mol. The van der Waals surface area contributed by atoms with Crippen molar-refractivity contribution in [3.8, 4) is 5.75 Å². The lowest BCUT2D eigenvalue weighted by Crippen LogP contribution is -2.49. The fourth-order valence-corrected chi connectivity index (χ4v) is 3.70. The van der Waals surface area contributed by atoms with E-state index >= 15 is 0 Å². The first-order chi connectivity index (χ1) is 14.5. The van der Waals surface area contributed by atoms with Gasteiger partial charge in [0, 0.05) is 25.7 Å². The fourth-order valence-electron chi connectivity index (χ4n) is 3.48. The topological polar surface area (TPSA) is 58.8 Å². The molecule has 4 rings (SSSR count). The lowest BCUT2D eigenvalue weighted by Gasteiger charge is -2.39. The predicted octanol–water partition coefficient (Wildman–Crippen LogP) is 4.18. The molecule has 30 heavy (non-hydrogen) atoms. The molecule has 2 aromatic carbocycles. The first kappa shape index (κ1) is 20.4. The van der Waals surface area contributed by atoms with E-state index in [0.29, 0.717) is 24.6 Å². The van der Waals surface area contributed by atoms with Gasteiger partial charge in [0.1, 0.15) is 18.2 Å². The van der Waals surface area contributed by atoms with Crippen molar-refractivity contribution in [2.75, 3.05) is 26.7 Å². The highest BCUT2D eigenvalue weighted by atomic mass is 35.5. The van der Waals surface area contributed by atoms with Gasteiger partial charge >= 0.3 is 0 Å². The van der Waals surface area contributed by atoms with Gasteiger partial charge in [-0.25, -0.2) is 4.39 Å². The SMILES string of the molecule is CN1CCN(C(=O)c2cc(COc3ccc(F)cc3Cl)on2)C[C@@H]1c1ccccc1. The Kier molecular flexibility index (Phi) is 6.01. The van der Waals surface area contributed by atoms with Crippen LogP contribution in [0.4, 0.5) is 4.39 Å². The van der Waals surface area contributed by atoms with Gasteiger partial charge in [0.25, 0.3) is 5.91 Å². The first-order valence-corrected chi connectivity index (χ1v) is 9.97. The molecule has 0 spiro atoms. The van der Waals surface area contributed by atoms with Crippen molar-refractivity contribution >= 4 is 17.5 Å². The summed E-state index contributed by atoms with van der Waals surface area (Å²) in [6.45, 7) is 1.98. The van der Waals surface area contributed by atoms with Gasteiger partial charge in [-0.2, -0.15) is 0 Å². The van der Waals surface area contributed by atoms with Gasteiger partial charge in [-0.15, -0.1) is 0 Å². The molecule has 1 fully saturated rings. The van der Waals surface area contributed by atoms with Gasteiger partial charge in [-0.1, -0.05) is 47.1 Å². The Balaban J connectivity index is 1.41. The third-order valence-electron chi connectivity index (χ3n) is 5.16. The maximum absolute atomic E-state index is 13.1. The van der Waals surface area contributed by atoms with Crippen molar-refractivity contribution in [1.29, 1.82) is 0 Å². The van der Waals surface area contributed by atoms with Crippen LogP contribution in [-0.4, -0.2) is 47.5 Å². The molecule has 8 heteroatoms. The highest BCUT2D eigenvalue weighted by Gasteiger charge is 2.30. The van der Waals surface area contributed by atoms with E-state index in [-0.39, 0.29) is 29.3 Å². The summed E-state index contributed by atoms with van der Waals surface area (Å²) < 4.78 is 23.9. The number of benzene rings is 2. The number of hydrogen-bond acceptors (Lipinski definition) is 5. The van der Waals surface area contributed by atoms with Gasteiger partial charge in [-0.3, -0.25) is 9.69 Å². The lowest BCUT2D eigenvalue weighted by atomic mass is 10.0. The molecule has 0 bridgehead atoms. The van der Waals surface area contributed by atoms with Gasteiger partial charge in [0.2, 0.25) is 0 Å². The molecule has 0 N–H and O–H groups in total. The number of ether oxygens (including phenoxy) is 1. The third-order valence-corrected chi connectivity index (χ3v) is 5.46. The van der Waals surface area contributed by atoms with E-state index in [9.17, 15) is 9.18 Å². The molecule has 1 aliphatic rings. The van der Waals surface area contributed by atoms with E-state index < -0.39 is 5.82 Å². The Bertz CT molecular complexity index is 1030. The quantitative estimate of drug-likeness (QED) is 0.609. The summed E-state index contributed by atoms with van der Waals surface area (Å²) in [5.74, 6) is 0.0827. The van der Waals surface area contributed by atoms with Crippen molar-refractivity contribution in [1.82, 2.24) is 15.0 Å². The van der Waals surface area contributed by atoms with E-state index in [0.717, 1.165) is 6.54 Å². The molecule has 1 amide bonds. The van der Waals surface area contributed by atoms with Crippen LogP contribution in [-0.2, 0) is 6.61 Å². The average Bonchev–Trinajstić information content (AvgIpc) is 3.23. The van der Waals surface area contributed by atoms with E-state index in [1.807, 2.05) is 18.2 Å². The van der Waals surface area contributed by atoms with Crippen molar-refractivity contribution < 1.29 is 18.4 Å². The molecule has 1 saturated heterocycles. The van der Waals surface area contributed by atoms with Gasteiger partial charge < -0.3 is 14.2 Å². The number of carbonyl (C=O) groups excluding carboxylic acids is 1. The first-order valence-electron chi connectivity index (χ1n) is 9.59. The summed E-state index contributed by atoms with van der Waals surface area (Å²) in [4.78, 5) is 17.0. The molecule has 0 saturated carbocycles. The number of rotatable bonds is 5. The molecule has 156 valence electrons. The van der Waals surface area contributed by atoms with Gasteiger partial charge in [0.05, 0.1) is 11.1 Å². The second kappa shape index (κ2) is 8.85. The van der Waals surface area contributed by atoms with Crippen LogP contribution in [0.1, 0.15) is 27.9 Å². The van der Waals surface area contributed by atoms with E-state index in [2.05, 4.69) is 29.2 Å². The molecule has 6 nitrogen and oxygen atoms in total. The zero-order chi connectivity index (χ0) is 21.1. The maximum atomic E-state index is 13.1. The summed E-state index contributed by atoms with van der Waals surface area (Å²) in [7, 11) is 2.06. The highest BCUT2D eigenvalue weighted by molar-refractivity contribution is 6.32. The van der Waals surface area contributed by atoms with Crippen LogP contribution in [0.5, 0.6) is 5.75 Å². The number of carbonyl (C=O) groups is 1. The highest BCUT2D eigenvalue weighted by Crippen LogP contribution is 2.27. The Morgan fingerprint density at radius 1 is 1.23 bits per heavy atom. The number of nitrogens with zero attached hydrogens (tertiary/aromatic N) is 3. The summed E-state index contributed by atoms with van der Waals surface area (Å²) in [6, 6.07) is 15.7. The molecule has 3 aromatic rings. The summed E-state index contributed by atoms with van der Waals surface area (Å²) in [5, 5.41) is 4.07. The monoisotopic (exact) mass is 429 g/mol. The molecule has 0 unspecified atom stereocenters. The molecular formula is C22H21ClFN3O3. The Labute approximate surface area is 178 Å². The minimum Gasteiger partial charge on any atom is -0.484 e. The number of aromatic nitrogens is 1. The number of piperazine rings is 1. The van der Waals surface area contributed by atoms with E-state index in [4.69, 9.17) is 20.9 Å². The molecule has 0 aliphatic carbocycles. The fraction of sp³-hybridized carbons (Fsp3) is 0.273. The number of amides is 1. The smallest absolute Gasteiger partial charge is 0.276 e. The standard InChI is InChI=1S/C22H21ClFN3O3/c1-26-9-10-27(13-20(26)15-5-3-2-4-6-15)22(28)19-12-17(30-25-19)14-29-21-8-7-16(24)11-18(21)23/h2-8,11-12,20H,9-10,13-14H2,1H3/t20-/m1/s1. The molecule has 1 atom stereocenters.